The summed E-state index contributed by atoms with van der Waals surface area (Å²) in [7, 11) is -1.54. The van der Waals surface area contributed by atoms with Crippen molar-refractivity contribution < 1.29 is 21.6 Å². The second-order valence-electron chi connectivity index (χ2n) is 8.85. The molecule has 0 spiro atoms. The van der Waals surface area contributed by atoms with Crippen molar-refractivity contribution in [1.29, 1.82) is 0 Å². The second kappa shape index (κ2) is 7.35. The molecule has 3 heteroatoms. The van der Waals surface area contributed by atoms with E-state index in [-0.39, 0.29) is 0 Å². The number of aryl methyl sites for hydroxylation is 1. The van der Waals surface area contributed by atoms with Crippen molar-refractivity contribution in [1.82, 2.24) is 0 Å². The Hall–Kier alpha value is -0.569. The molecule has 2 rings (SSSR count). The Morgan fingerprint density at radius 1 is 1.12 bits per heavy atom. The first-order valence-electron chi connectivity index (χ1n) is 9.05. The van der Waals surface area contributed by atoms with Crippen LogP contribution in [-0.4, -0.2) is 8.07 Å². The maximum atomic E-state index is 6.67. The Bertz CT molecular complexity index is 650. The third-order valence-electron chi connectivity index (χ3n) is 5.49. The SMILES string of the molecule is Cc1cc([O][Ti]([C]2=CC=CC2)[CH](C)C)cc([Si](C)(C)C(C)(C)C)c1. The normalized spacial score (nSPS) is 15.0. The molecule has 1 aliphatic rings. The van der Waals surface area contributed by atoms with Gasteiger partial charge in [-0.15, -0.1) is 0 Å². The first-order valence-corrected chi connectivity index (χ1v) is 14.4. The molecular formula is C21H33OSiTi. The van der Waals surface area contributed by atoms with E-state index in [4.69, 9.17) is 3.32 Å². The third kappa shape index (κ3) is 4.33. The summed E-state index contributed by atoms with van der Waals surface area (Å²) in [5, 5.41) is 1.86. The Kier molecular flexibility index (Phi) is 6.05. The van der Waals surface area contributed by atoms with Crippen LogP contribution in [0.3, 0.4) is 0 Å². The van der Waals surface area contributed by atoms with Crippen molar-refractivity contribution in [3.63, 3.8) is 0 Å². The van der Waals surface area contributed by atoms with Gasteiger partial charge in [0.15, 0.2) is 0 Å². The summed E-state index contributed by atoms with van der Waals surface area (Å²) < 4.78 is 8.86. The van der Waals surface area contributed by atoms with Crippen LogP contribution in [-0.2, 0) is 18.3 Å². The van der Waals surface area contributed by atoms with E-state index in [2.05, 4.69) is 91.1 Å². The summed E-state index contributed by atoms with van der Waals surface area (Å²) >= 11 is -1.72. The molecule has 0 aromatic heterocycles. The van der Waals surface area contributed by atoms with Crippen LogP contribution < -0.4 is 8.51 Å². The molecule has 1 aromatic rings. The van der Waals surface area contributed by atoms with Crippen LogP contribution in [0.2, 0.25) is 22.4 Å². The van der Waals surface area contributed by atoms with Gasteiger partial charge in [0.25, 0.3) is 0 Å². The molecule has 1 nitrogen and oxygen atoms in total. The molecule has 0 saturated carbocycles. The van der Waals surface area contributed by atoms with Crippen molar-refractivity contribution in [3.8, 4) is 5.75 Å². The van der Waals surface area contributed by atoms with Crippen molar-refractivity contribution in [2.75, 3.05) is 0 Å². The summed E-state index contributed by atoms with van der Waals surface area (Å²) in [6.07, 6.45) is 7.82. The number of hydrogen-bond donors (Lipinski definition) is 0. The van der Waals surface area contributed by atoms with E-state index in [0.717, 1.165) is 12.2 Å². The fourth-order valence-corrected chi connectivity index (χ4v) is 8.09. The third-order valence-corrected chi connectivity index (χ3v) is 14.9. The molecule has 0 fully saturated rings. The Morgan fingerprint density at radius 2 is 1.79 bits per heavy atom. The molecule has 0 saturated heterocycles. The van der Waals surface area contributed by atoms with E-state index in [9.17, 15) is 0 Å². The standard InChI is InChI=1S/C13H22OSi.C5H5.C3H7.Ti/c1-10-7-11(14)9-12(8-10)15(5,6)13(2,3)4;1-2-4-5-3-1;1-3-2;/h7-9,14H,1-6H3;1-3H,4H2;3H,1-2H3;/q;;;+1/p-1. The van der Waals surface area contributed by atoms with Gasteiger partial charge in [0.2, 0.25) is 0 Å². The van der Waals surface area contributed by atoms with Crippen molar-refractivity contribution in [2.24, 2.45) is 0 Å². The average molecular weight is 377 g/mol. The van der Waals surface area contributed by atoms with Crippen LogP contribution >= 0.6 is 0 Å². The van der Waals surface area contributed by atoms with Crippen molar-refractivity contribution >= 4 is 13.3 Å². The predicted octanol–water partition coefficient (Wildman–Crippen LogP) is 6.29. The summed E-state index contributed by atoms with van der Waals surface area (Å²) in [4.78, 5) is 0. The van der Waals surface area contributed by atoms with Crippen LogP contribution in [0.1, 0.15) is 46.6 Å². The molecule has 0 aliphatic heterocycles. The van der Waals surface area contributed by atoms with Crippen molar-refractivity contribution in [3.05, 3.63) is 45.9 Å². The fraction of sp³-hybridized carbons (Fsp3) is 0.524. The number of rotatable bonds is 5. The van der Waals surface area contributed by atoms with E-state index in [1.54, 1.807) is 3.88 Å². The van der Waals surface area contributed by atoms with E-state index < -0.39 is 26.3 Å². The van der Waals surface area contributed by atoms with Crippen LogP contribution in [0.5, 0.6) is 5.75 Å². The molecule has 0 N–H and O–H groups in total. The quantitative estimate of drug-likeness (QED) is 0.548. The number of benzene rings is 1. The Balaban J connectivity index is 2.34. The van der Waals surface area contributed by atoms with Gasteiger partial charge in [-0.25, -0.2) is 0 Å². The van der Waals surface area contributed by atoms with Gasteiger partial charge in [0, 0.05) is 0 Å². The van der Waals surface area contributed by atoms with Gasteiger partial charge in [-0.3, -0.25) is 0 Å². The van der Waals surface area contributed by atoms with Gasteiger partial charge in [0.1, 0.15) is 0 Å². The van der Waals surface area contributed by atoms with Gasteiger partial charge in [-0.1, -0.05) is 0 Å². The molecule has 131 valence electrons. The Morgan fingerprint density at radius 3 is 2.29 bits per heavy atom. The molecule has 0 bridgehead atoms. The molecule has 0 amide bonds. The molecule has 1 aromatic carbocycles. The van der Waals surface area contributed by atoms with E-state index in [1.807, 2.05) is 0 Å². The maximum absolute atomic E-state index is 6.67. The second-order valence-corrected chi connectivity index (χ2v) is 18.4. The first kappa shape index (κ1) is 19.8. The van der Waals surface area contributed by atoms with Crippen LogP contribution in [0.25, 0.3) is 0 Å². The van der Waals surface area contributed by atoms with Crippen LogP contribution in [0.15, 0.2) is 40.3 Å². The van der Waals surface area contributed by atoms with Crippen LogP contribution in [0, 0.1) is 6.92 Å². The monoisotopic (exact) mass is 377 g/mol. The van der Waals surface area contributed by atoms with Gasteiger partial charge >= 0.3 is 157 Å². The van der Waals surface area contributed by atoms with Gasteiger partial charge < -0.3 is 0 Å². The average Bonchev–Trinajstić information content (AvgIpc) is 2.96. The minimum absolute atomic E-state index is 0.340. The minimum atomic E-state index is -1.72. The predicted molar refractivity (Wildman–Crippen MR) is 106 cm³/mol. The number of allylic oxidation sites excluding steroid dienone is 4. The molecule has 0 atom stereocenters. The van der Waals surface area contributed by atoms with Crippen molar-refractivity contribution in [2.45, 2.75) is 70.3 Å². The summed E-state index contributed by atoms with van der Waals surface area (Å²) in [5.74, 6) is 1.10. The van der Waals surface area contributed by atoms with Crippen LogP contribution in [0.4, 0.5) is 0 Å². The topological polar surface area (TPSA) is 9.23 Å². The zero-order valence-electron chi connectivity index (χ0n) is 16.7. The number of hydrogen-bond acceptors (Lipinski definition) is 1. The summed E-state index contributed by atoms with van der Waals surface area (Å²) in [6.45, 7) is 18.9. The Labute approximate surface area is 156 Å². The zero-order chi connectivity index (χ0) is 18.1. The molecule has 0 radical (unpaired) electrons. The van der Waals surface area contributed by atoms with Gasteiger partial charge in [0.05, 0.1) is 0 Å². The molecule has 0 heterocycles. The van der Waals surface area contributed by atoms with Gasteiger partial charge in [-0.2, -0.15) is 0 Å². The first-order chi connectivity index (χ1) is 11.0. The molecule has 0 unspecified atom stereocenters. The molecule has 1 aliphatic carbocycles. The fourth-order valence-electron chi connectivity index (χ4n) is 2.91. The summed E-state index contributed by atoms with van der Waals surface area (Å²) in [5.41, 5.74) is 1.33. The van der Waals surface area contributed by atoms with Gasteiger partial charge in [-0.05, 0) is 0 Å². The molecular weight excluding hydrogens is 344 g/mol. The van der Waals surface area contributed by atoms with E-state index in [1.165, 1.54) is 10.8 Å². The van der Waals surface area contributed by atoms with E-state index in [0.29, 0.717) is 9.26 Å². The molecule has 24 heavy (non-hydrogen) atoms. The van der Waals surface area contributed by atoms with E-state index >= 15 is 0 Å². The zero-order valence-corrected chi connectivity index (χ0v) is 19.2. The summed E-state index contributed by atoms with van der Waals surface area (Å²) in [6, 6.07) is 6.97.